The molecule has 0 aromatic rings. The molecule has 0 aliphatic carbocycles. The van der Waals surface area contributed by atoms with Gasteiger partial charge in [0.05, 0.1) is 0 Å². The predicted octanol–water partition coefficient (Wildman–Crippen LogP) is -1.05. The molecule has 6 nitrogen and oxygen atoms in total. The van der Waals surface area contributed by atoms with Crippen LogP contribution >= 0.6 is 0 Å². The van der Waals surface area contributed by atoms with Gasteiger partial charge in [-0.05, 0) is 0 Å². The van der Waals surface area contributed by atoms with E-state index < -0.39 is 18.6 Å². The Kier molecular flexibility index (Phi) is 16.9. The van der Waals surface area contributed by atoms with Gasteiger partial charge in [-0.15, -0.1) is 0 Å². The summed E-state index contributed by atoms with van der Waals surface area (Å²) in [4.78, 5) is 0. The van der Waals surface area contributed by atoms with Crippen LogP contribution in [0.15, 0.2) is 0 Å². The van der Waals surface area contributed by atoms with Crippen molar-refractivity contribution in [3.05, 3.63) is 0 Å². The molecule has 0 unspecified atom stereocenters. The summed E-state index contributed by atoms with van der Waals surface area (Å²) in [6.07, 6.45) is 0. The van der Waals surface area contributed by atoms with Crippen molar-refractivity contribution in [2.45, 2.75) is 20.8 Å². The van der Waals surface area contributed by atoms with E-state index in [0.29, 0.717) is 0 Å². The Morgan fingerprint density at radius 1 is 0.526 bits per heavy atom. The second-order valence-electron chi connectivity index (χ2n) is 4.22. The zero-order chi connectivity index (χ0) is 14.2. The maximum absolute atomic E-state index is 3.63. The zero-order valence-electron chi connectivity index (χ0n) is 12.9. The van der Waals surface area contributed by atoms with Gasteiger partial charge in [-0.3, -0.25) is 0 Å². The Bertz CT molecular complexity index is 144. The molecule has 0 bridgehead atoms. The molecule has 115 valence electrons. The van der Waals surface area contributed by atoms with E-state index in [9.17, 15) is 0 Å². The van der Waals surface area contributed by atoms with Crippen molar-refractivity contribution in [1.82, 2.24) is 27.3 Å². The maximum atomic E-state index is 3.63. The van der Waals surface area contributed by atoms with Gasteiger partial charge in [0.15, 0.2) is 0 Å². The fourth-order valence-electron chi connectivity index (χ4n) is 1.55. The summed E-state index contributed by atoms with van der Waals surface area (Å²) in [6.45, 7) is 15.8. The molecular weight excluding hydrogens is 276 g/mol. The van der Waals surface area contributed by atoms with Crippen molar-refractivity contribution in [3.8, 4) is 0 Å². The molecule has 0 aromatic heterocycles. The topological polar surface area (TPSA) is 72.2 Å². The van der Waals surface area contributed by atoms with Crippen molar-refractivity contribution < 1.29 is 18.6 Å². The Balaban J connectivity index is 3.66. The zero-order valence-corrected chi connectivity index (χ0v) is 14.4. The van der Waals surface area contributed by atoms with Crippen molar-refractivity contribution >= 4 is 0 Å². The molecule has 7 heteroatoms. The average Bonchev–Trinajstić information content (AvgIpc) is 2.43. The first kappa shape index (κ1) is 19.5. The van der Waals surface area contributed by atoms with E-state index >= 15 is 0 Å². The van der Waals surface area contributed by atoms with Crippen LogP contribution in [0.3, 0.4) is 0 Å². The van der Waals surface area contributed by atoms with Crippen LogP contribution in [-0.4, -0.2) is 58.9 Å². The van der Waals surface area contributed by atoms with E-state index in [-0.39, 0.29) is 0 Å². The fraction of sp³-hybridized carbons (Fsp3) is 1.00. The van der Waals surface area contributed by atoms with Crippen LogP contribution in [0, 0.1) is 0 Å². The Hall–Kier alpha value is 0.474. The van der Waals surface area contributed by atoms with Gasteiger partial charge in [-0.2, -0.15) is 0 Å². The normalized spacial score (nSPS) is 10.9. The Morgan fingerprint density at radius 2 is 0.842 bits per heavy atom. The van der Waals surface area contributed by atoms with Crippen LogP contribution in [0.4, 0.5) is 0 Å². The molecule has 19 heavy (non-hydrogen) atoms. The molecule has 0 aliphatic rings. The van der Waals surface area contributed by atoms with Crippen LogP contribution in [0.1, 0.15) is 20.8 Å². The van der Waals surface area contributed by atoms with Gasteiger partial charge in [0, 0.05) is 0 Å². The number of likely N-dealkylation sites (N-methyl/N-ethyl adjacent to an activating group) is 3. The summed E-state index contributed by atoms with van der Waals surface area (Å²) in [5.41, 5.74) is 0. The fourth-order valence-corrected chi connectivity index (χ4v) is 3.89. The third-order valence-electron chi connectivity index (χ3n) is 2.56. The molecule has 0 spiro atoms. The summed E-state index contributed by atoms with van der Waals surface area (Å²) in [6, 6.07) is 0. The third-order valence-corrected chi connectivity index (χ3v) is 5.39. The predicted molar refractivity (Wildman–Crippen MR) is 79.6 cm³/mol. The van der Waals surface area contributed by atoms with Crippen LogP contribution in [0.2, 0.25) is 0 Å². The van der Waals surface area contributed by atoms with Crippen molar-refractivity contribution in [2.75, 3.05) is 58.9 Å². The first-order chi connectivity index (χ1) is 9.35. The van der Waals surface area contributed by atoms with Gasteiger partial charge in [0.2, 0.25) is 0 Å². The van der Waals surface area contributed by atoms with E-state index in [1.807, 2.05) is 0 Å². The third kappa shape index (κ3) is 14.7. The molecule has 0 saturated heterocycles. The van der Waals surface area contributed by atoms with Gasteiger partial charge in [0.1, 0.15) is 0 Å². The summed E-state index contributed by atoms with van der Waals surface area (Å²) in [5.74, 6) is 0. The molecule has 0 rings (SSSR count). The quantitative estimate of drug-likeness (QED) is 0.171. The van der Waals surface area contributed by atoms with E-state index in [2.05, 4.69) is 48.1 Å². The molecule has 0 aliphatic heterocycles. The van der Waals surface area contributed by atoms with E-state index in [1.54, 1.807) is 0 Å². The molecule has 6 N–H and O–H groups in total. The van der Waals surface area contributed by atoms with Gasteiger partial charge >= 0.3 is 126 Å². The summed E-state index contributed by atoms with van der Waals surface area (Å²) >= 11 is -1.51. The molecule has 0 radical (unpaired) electrons. The molecule has 0 saturated carbocycles. The number of rotatable bonds is 15. The van der Waals surface area contributed by atoms with Crippen LogP contribution in [0.5, 0.6) is 0 Å². The van der Waals surface area contributed by atoms with Gasteiger partial charge in [-0.1, -0.05) is 0 Å². The van der Waals surface area contributed by atoms with Crippen LogP contribution < -0.4 is 27.3 Å². The van der Waals surface area contributed by atoms with Crippen LogP contribution in [-0.2, 0) is 18.6 Å². The minimum absolute atomic E-state index is 1.03. The number of nitrogens with one attached hydrogen (secondary N) is 6. The first-order valence-corrected chi connectivity index (χ1v) is 9.90. The van der Waals surface area contributed by atoms with Gasteiger partial charge in [-0.25, -0.2) is 0 Å². The van der Waals surface area contributed by atoms with E-state index in [1.165, 1.54) is 0 Å². The van der Waals surface area contributed by atoms with Crippen molar-refractivity contribution in [3.63, 3.8) is 0 Å². The SMILES string of the molecule is CCNCC[NH][Ti]([NH]CCNCC)[NH]CCNCC. The molecule has 0 fully saturated rings. The summed E-state index contributed by atoms with van der Waals surface area (Å²) in [7, 11) is 0. The Labute approximate surface area is 126 Å². The first-order valence-electron chi connectivity index (χ1n) is 7.55. The molecule has 0 aromatic carbocycles. The summed E-state index contributed by atoms with van der Waals surface area (Å²) < 4.78 is 10.9. The standard InChI is InChI=1S/3C4H11N2.Ti/c3*1-2-6-4-3-5;/h3*5-6H,2-4H2,1H3;/q3*-1;+3. The summed E-state index contributed by atoms with van der Waals surface area (Å²) in [5, 5.41) is 10.0. The van der Waals surface area contributed by atoms with Gasteiger partial charge in [0.25, 0.3) is 0 Å². The minimum atomic E-state index is -1.51. The monoisotopic (exact) mass is 309 g/mol. The molecule has 0 heterocycles. The molecule has 0 amide bonds. The average molecular weight is 309 g/mol. The van der Waals surface area contributed by atoms with Crippen LogP contribution in [0.25, 0.3) is 0 Å². The molecular formula is C12H33N6Ti. The molecule has 0 atom stereocenters. The number of hydrogen-bond donors (Lipinski definition) is 6. The number of hydrogen-bond acceptors (Lipinski definition) is 6. The van der Waals surface area contributed by atoms with E-state index in [0.717, 1.165) is 58.9 Å². The Morgan fingerprint density at radius 3 is 1.11 bits per heavy atom. The van der Waals surface area contributed by atoms with Gasteiger partial charge < -0.3 is 0 Å². The van der Waals surface area contributed by atoms with Crippen molar-refractivity contribution in [1.29, 1.82) is 0 Å². The van der Waals surface area contributed by atoms with E-state index in [4.69, 9.17) is 0 Å². The van der Waals surface area contributed by atoms with Crippen molar-refractivity contribution in [2.24, 2.45) is 0 Å². The second kappa shape index (κ2) is 16.5. The second-order valence-corrected chi connectivity index (χ2v) is 7.04.